The Labute approximate surface area is 128 Å². The van der Waals surface area contributed by atoms with Crippen molar-refractivity contribution in [3.63, 3.8) is 0 Å². The Balaban J connectivity index is 2.04. The molecule has 0 aliphatic heterocycles. The highest BCUT2D eigenvalue weighted by Crippen LogP contribution is 2.26. The van der Waals surface area contributed by atoms with Crippen molar-refractivity contribution in [1.29, 1.82) is 0 Å². The van der Waals surface area contributed by atoms with Gasteiger partial charge in [0.05, 0.1) is 11.0 Å². The van der Waals surface area contributed by atoms with Crippen LogP contribution >= 0.6 is 0 Å². The Morgan fingerprint density at radius 3 is 2.10 bits per heavy atom. The van der Waals surface area contributed by atoms with Crippen molar-refractivity contribution in [2.24, 2.45) is 5.73 Å². The summed E-state index contributed by atoms with van der Waals surface area (Å²) in [7, 11) is -3.08. The Bertz CT molecular complexity index is 543. The molecule has 0 bridgehead atoms. The lowest BCUT2D eigenvalue weighted by atomic mass is 10.00. The fraction of sp³-hybridized carbons (Fsp3) is 0.647. The third-order valence-electron chi connectivity index (χ3n) is 4.50. The first-order valence-corrected chi connectivity index (χ1v) is 9.68. The Morgan fingerprint density at radius 1 is 1.05 bits per heavy atom. The van der Waals surface area contributed by atoms with E-state index in [0.29, 0.717) is 5.92 Å². The maximum atomic E-state index is 12.5. The summed E-state index contributed by atoms with van der Waals surface area (Å²) in [5, 5.41) is -0.174. The summed E-state index contributed by atoms with van der Waals surface area (Å²) in [6, 6.07) is 7.62. The first-order chi connectivity index (χ1) is 9.90. The quantitative estimate of drug-likeness (QED) is 0.904. The van der Waals surface area contributed by atoms with Gasteiger partial charge in [0.15, 0.2) is 9.84 Å². The van der Waals surface area contributed by atoms with E-state index in [2.05, 4.69) is 13.8 Å². The zero-order chi connectivity index (χ0) is 15.5. The van der Waals surface area contributed by atoms with E-state index in [1.165, 1.54) is 5.56 Å². The summed E-state index contributed by atoms with van der Waals surface area (Å²) in [5.41, 5.74) is 8.30. The molecule has 1 aliphatic carbocycles. The molecule has 1 unspecified atom stereocenters. The molecular formula is C17H27NO2S. The van der Waals surface area contributed by atoms with Crippen LogP contribution in [0.25, 0.3) is 0 Å². The van der Waals surface area contributed by atoms with Crippen molar-refractivity contribution >= 4 is 9.84 Å². The maximum absolute atomic E-state index is 12.5. The molecule has 1 fully saturated rings. The van der Waals surface area contributed by atoms with Crippen molar-refractivity contribution in [2.45, 2.75) is 63.2 Å². The Morgan fingerprint density at radius 2 is 1.57 bits per heavy atom. The van der Waals surface area contributed by atoms with Gasteiger partial charge in [0, 0.05) is 6.04 Å². The highest BCUT2D eigenvalue weighted by Gasteiger charge is 2.29. The highest BCUT2D eigenvalue weighted by atomic mass is 32.2. The smallest absolute Gasteiger partial charge is 0.155 e. The minimum atomic E-state index is -3.08. The minimum Gasteiger partial charge on any atom is -0.323 e. The van der Waals surface area contributed by atoms with E-state index in [4.69, 9.17) is 5.73 Å². The third kappa shape index (κ3) is 4.30. The van der Waals surface area contributed by atoms with Gasteiger partial charge in [0.1, 0.15) is 0 Å². The first-order valence-electron chi connectivity index (χ1n) is 7.97. The molecule has 3 nitrogen and oxygen atoms in total. The fourth-order valence-corrected chi connectivity index (χ4v) is 5.05. The van der Waals surface area contributed by atoms with Gasteiger partial charge in [0.25, 0.3) is 0 Å². The molecule has 21 heavy (non-hydrogen) atoms. The normalized spacial score (nSPS) is 18.9. The fourth-order valence-electron chi connectivity index (χ4n) is 3.03. The zero-order valence-corrected chi connectivity index (χ0v) is 13.9. The molecule has 1 atom stereocenters. The predicted molar refractivity (Wildman–Crippen MR) is 88.1 cm³/mol. The summed E-state index contributed by atoms with van der Waals surface area (Å²) >= 11 is 0. The van der Waals surface area contributed by atoms with Crippen molar-refractivity contribution in [2.75, 3.05) is 5.75 Å². The van der Waals surface area contributed by atoms with Crippen LogP contribution in [-0.2, 0) is 9.84 Å². The van der Waals surface area contributed by atoms with Crippen LogP contribution in [0, 0.1) is 0 Å². The molecule has 0 saturated heterocycles. The summed E-state index contributed by atoms with van der Waals surface area (Å²) in [6.07, 6.45) is 4.84. The van der Waals surface area contributed by atoms with E-state index >= 15 is 0 Å². The van der Waals surface area contributed by atoms with Crippen LogP contribution in [0.5, 0.6) is 0 Å². The van der Waals surface area contributed by atoms with Crippen LogP contribution in [0.2, 0.25) is 0 Å². The van der Waals surface area contributed by atoms with Gasteiger partial charge in [0.2, 0.25) is 0 Å². The lowest BCUT2D eigenvalue weighted by molar-refractivity contribution is 0.481. The average molecular weight is 309 g/mol. The Hall–Kier alpha value is -0.870. The number of hydrogen-bond acceptors (Lipinski definition) is 3. The summed E-state index contributed by atoms with van der Waals surface area (Å²) in [6.45, 7) is 4.28. The van der Waals surface area contributed by atoms with Crippen molar-refractivity contribution in [3.05, 3.63) is 35.4 Å². The molecule has 0 amide bonds. The Kier molecular flexibility index (Phi) is 5.44. The van der Waals surface area contributed by atoms with Crippen LogP contribution < -0.4 is 5.73 Å². The molecule has 1 aromatic rings. The second-order valence-electron chi connectivity index (χ2n) is 6.52. The number of sulfone groups is 1. The van der Waals surface area contributed by atoms with E-state index in [1.807, 2.05) is 24.3 Å². The molecule has 0 spiro atoms. The molecule has 2 N–H and O–H groups in total. The van der Waals surface area contributed by atoms with E-state index in [0.717, 1.165) is 37.7 Å². The van der Waals surface area contributed by atoms with Gasteiger partial charge < -0.3 is 5.73 Å². The molecule has 1 aromatic carbocycles. The number of benzene rings is 1. The summed E-state index contributed by atoms with van der Waals surface area (Å²) in [5.74, 6) is 0.542. The van der Waals surface area contributed by atoms with Gasteiger partial charge in [-0.25, -0.2) is 8.42 Å². The standard InChI is InChI=1S/C17H27NO2S/c1-13(2)14-8-10-15(11-9-14)17(18)12-21(19,20)16-6-4-3-5-7-16/h8-11,13,16-17H,3-7,12,18H2,1-2H3. The van der Waals surface area contributed by atoms with Crippen molar-refractivity contribution in [1.82, 2.24) is 0 Å². The van der Waals surface area contributed by atoms with Gasteiger partial charge in [-0.05, 0) is 29.9 Å². The van der Waals surface area contributed by atoms with Crippen LogP contribution in [0.15, 0.2) is 24.3 Å². The molecule has 1 aliphatic rings. The highest BCUT2D eigenvalue weighted by molar-refractivity contribution is 7.92. The number of nitrogens with two attached hydrogens (primary N) is 1. The molecule has 0 heterocycles. The van der Waals surface area contributed by atoms with Crippen molar-refractivity contribution in [3.8, 4) is 0 Å². The van der Waals surface area contributed by atoms with Crippen LogP contribution in [-0.4, -0.2) is 19.4 Å². The monoisotopic (exact) mass is 309 g/mol. The lowest BCUT2D eigenvalue weighted by Crippen LogP contribution is -2.31. The zero-order valence-electron chi connectivity index (χ0n) is 13.1. The van der Waals surface area contributed by atoms with Gasteiger partial charge in [-0.1, -0.05) is 57.4 Å². The molecular weight excluding hydrogens is 282 g/mol. The molecule has 0 aromatic heterocycles. The second-order valence-corrected chi connectivity index (χ2v) is 8.84. The van der Waals surface area contributed by atoms with E-state index < -0.39 is 15.9 Å². The molecule has 4 heteroatoms. The van der Waals surface area contributed by atoms with Gasteiger partial charge in [-0.15, -0.1) is 0 Å². The van der Waals surface area contributed by atoms with E-state index in [-0.39, 0.29) is 11.0 Å². The van der Waals surface area contributed by atoms with E-state index in [9.17, 15) is 8.42 Å². The van der Waals surface area contributed by atoms with Crippen LogP contribution in [0.3, 0.4) is 0 Å². The predicted octanol–water partition coefficient (Wildman–Crippen LogP) is 3.56. The average Bonchev–Trinajstić information content (AvgIpc) is 2.48. The van der Waals surface area contributed by atoms with Crippen molar-refractivity contribution < 1.29 is 8.42 Å². The van der Waals surface area contributed by atoms with Gasteiger partial charge in [-0.2, -0.15) is 0 Å². The SMILES string of the molecule is CC(C)c1ccc(C(N)CS(=O)(=O)C2CCCCC2)cc1. The first kappa shape index (κ1) is 16.5. The van der Waals surface area contributed by atoms with Crippen LogP contribution in [0.1, 0.15) is 69.0 Å². The number of rotatable bonds is 5. The third-order valence-corrected chi connectivity index (χ3v) is 6.81. The van der Waals surface area contributed by atoms with Gasteiger partial charge in [-0.3, -0.25) is 0 Å². The molecule has 0 radical (unpaired) electrons. The molecule has 1 saturated carbocycles. The minimum absolute atomic E-state index is 0.0681. The second kappa shape index (κ2) is 6.93. The number of hydrogen-bond donors (Lipinski definition) is 1. The largest absolute Gasteiger partial charge is 0.323 e. The maximum Gasteiger partial charge on any atom is 0.155 e. The van der Waals surface area contributed by atoms with Gasteiger partial charge >= 0.3 is 0 Å². The molecule has 118 valence electrons. The van der Waals surface area contributed by atoms with Crippen LogP contribution in [0.4, 0.5) is 0 Å². The summed E-state index contributed by atoms with van der Waals surface area (Å²) < 4.78 is 24.9. The topological polar surface area (TPSA) is 60.2 Å². The molecule has 2 rings (SSSR count). The lowest BCUT2D eigenvalue weighted by Gasteiger charge is -2.23. The summed E-state index contributed by atoms with van der Waals surface area (Å²) in [4.78, 5) is 0. The van der Waals surface area contributed by atoms with E-state index in [1.54, 1.807) is 0 Å².